The molecular formula is C34H34N2O6. The Bertz CT molecular complexity index is 1420. The highest BCUT2D eigenvalue weighted by molar-refractivity contribution is 6.32. The van der Waals surface area contributed by atoms with Gasteiger partial charge in [0.15, 0.2) is 11.6 Å². The molecule has 4 aromatic carbocycles. The number of fused-ring (bicyclic) bond motifs is 2. The van der Waals surface area contributed by atoms with Crippen LogP contribution in [0, 0.1) is 0 Å². The summed E-state index contributed by atoms with van der Waals surface area (Å²) in [5.41, 5.74) is 4.05. The first-order chi connectivity index (χ1) is 20.6. The molecule has 2 N–H and O–H groups in total. The van der Waals surface area contributed by atoms with Gasteiger partial charge in [0.1, 0.15) is 24.7 Å². The van der Waals surface area contributed by atoms with E-state index in [0.29, 0.717) is 84.8 Å². The summed E-state index contributed by atoms with van der Waals surface area (Å²) in [7, 11) is 0. The van der Waals surface area contributed by atoms with Crippen molar-refractivity contribution >= 4 is 34.3 Å². The van der Waals surface area contributed by atoms with Crippen molar-refractivity contribution in [3.63, 3.8) is 0 Å². The molecule has 0 amide bonds. The minimum Gasteiger partial charge on any atom is -0.491 e. The Kier molecular flexibility index (Phi) is 9.48. The molecule has 1 aliphatic rings. The molecule has 0 heterocycles. The fourth-order valence-corrected chi connectivity index (χ4v) is 4.74. The van der Waals surface area contributed by atoms with Crippen LogP contribution in [0.1, 0.15) is 45.7 Å². The van der Waals surface area contributed by atoms with E-state index in [9.17, 15) is 9.59 Å². The maximum absolute atomic E-state index is 13.8. The number of carbonyl (C=O) groups excluding carboxylic acids is 2. The van der Waals surface area contributed by atoms with Crippen molar-refractivity contribution in [1.82, 2.24) is 0 Å². The van der Waals surface area contributed by atoms with Gasteiger partial charge in [-0.05, 0) is 74.5 Å². The third-order valence-corrected chi connectivity index (χ3v) is 6.74. The maximum Gasteiger partial charge on any atom is 0.196 e. The third-order valence-electron chi connectivity index (χ3n) is 6.74. The molecular weight excluding hydrogens is 532 g/mol. The first-order valence-corrected chi connectivity index (χ1v) is 14.1. The highest BCUT2D eigenvalue weighted by atomic mass is 16.5. The van der Waals surface area contributed by atoms with Crippen LogP contribution in [0.25, 0.3) is 0 Å². The van der Waals surface area contributed by atoms with Crippen molar-refractivity contribution in [1.29, 1.82) is 0 Å². The normalized spacial score (nSPS) is 12.0. The smallest absolute Gasteiger partial charge is 0.196 e. The molecule has 8 nitrogen and oxygen atoms in total. The van der Waals surface area contributed by atoms with Crippen LogP contribution < -0.4 is 20.1 Å². The van der Waals surface area contributed by atoms with Gasteiger partial charge in [-0.15, -0.1) is 0 Å². The predicted molar refractivity (Wildman–Crippen MR) is 163 cm³/mol. The molecule has 5 rings (SSSR count). The van der Waals surface area contributed by atoms with Crippen molar-refractivity contribution < 1.29 is 28.5 Å². The first-order valence-electron chi connectivity index (χ1n) is 14.1. The topological polar surface area (TPSA) is 95.1 Å². The van der Waals surface area contributed by atoms with Crippen LogP contribution in [-0.4, -0.2) is 51.2 Å². The van der Waals surface area contributed by atoms with Gasteiger partial charge in [0, 0.05) is 35.7 Å². The summed E-state index contributed by atoms with van der Waals surface area (Å²) in [6.45, 7) is 7.14. The van der Waals surface area contributed by atoms with E-state index in [1.165, 1.54) is 0 Å². The van der Waals surface area contributed by atoms with E-state index in [1.54, 1.807) is 24.3 Å². The van der Waals surface area contributed by atoms with Crippen LogP contribution in [0.2, 0.25) is 0 Å². The molecule has 0 aromatic heterocycles. The summed E-state index contributed by atoms with van der Waals surface area (Å²) < 4.78 is 22.1. The van der Waals surface area contributed by atoms with Crippen LogP contribution in [0.5, 0.6) is 11.5 Å². The first kappa shape index (κ1) is 28.9. The maximum atomic E-state index is 13.8. The van der Waals surface area contributed by atoms with E-state index < -0.39 is 0 Å². The summed E-state index contributed by atoms with van der Waals surface area (Å²) in [6.07, 6.45) is 0. The van der Waals surface area contributed by atoms with Gasteiger partial charge >= 0.3 is 0 Å². The highest BCUT2D eigenvalue weighted by Crippen LogP contribution is 2.39. The van der Waals surface area contributed by atoms with Gasteiger partial charge in [0.25, 0.3) is 0 Å². The molecule has 0 saturated heterocycles. The number of carbonyl (C=O) groups is 2. The Labute approximate surface area is 245 Å². The lowest BCUT2D eigenvalue weighted by Crippen LogP contribution is -2.23. The van der Waals surface area contributed by atoms with Gasteiger partial charge in [0.2, 0.25) is 0 Å². The summed E-state index contributed by atoms with van der Waals surface area (Å²) >= 11 is 0. The van der Waals surface area contributed by atoms with E-state index in [-0.39, 0.29) is 11.6 Å². The largest absolute Gasteiger partial charge is 0.491 e. The third kappa shape index (κ3) is 6.62. The van der Waals surface area contributed by atoms with E-state index >= 15 is 0 Å². The van der Waals surface area contributed by atoms with Crippen molar-refractivity contribution in [3.05, 3.63) is 107 Å². The van der Waals surface area contributed by atoms with Crippen molar-refractivity contribution in [2.75, 3.05) is 50.3 Å². The zero-order valence-corrected chi connectivity index (χ0v) is 23.8. The fraction of sp³-hybridized carbons (Fsp3) is 0.235. The summed E-state index contributed by atoms with van der Waals surface area (Å²) in [6, 6.07) is 25.5. The van der Waals surface area contributed by atoms with E-state index in [4.69, 9.17) is 18.9 Å². The molecule has 216 valence electrons. The molecule has 0 unspecified atom stereocenters. The van der Waals surface area contributed by atoms with Crippen LogP contribution in [0.15, 0.2) is 84.9 Å². The number of benzene rings is 4. The quantitative estimate of drug-likeness (QED) is 0.142. The predicted octanol–water partition coefficient (Wildman–Crippen LogP) is 6.78. The SMILES string of the molecule is CCOCCOc1ccc(Nc2ccc(Nc3ccc(OCCOCC)cc3)c3c2C(=O)c2ccccc2C3=O)cc1. The fourth-order valence-electron chi connectivity index (χ4n) is 4.74. The van der Waals surface area contributed by atoms with Crippen molar-refractivity contribution in [2.45, 2.75) is 13.8 Å². The van der Waals surface area contributed by atoms with Gasteiger partial charge in [-0.1, -0.05) is 24.3 Å². The zero-order chi connectivity index (χ0) is 29.3. The number of ketones is 2. The Morgan fingerprint density at radius 3 is 1.31 bits per heavy atom. The molecule has 42 heavy (non-hydrogen) atoms. The number of hydrogen-bond donors (Lipinski definition) is 2. The number of nitrogens with one attached hydrogen (secondary N) is 2. The molecule has 0 saturated carbocycles. The molecule has 4 aromatic rings. The minimum atomic E-state index is -0.208. The average molecular weight is 567 g/mol. The van der Waals surface area contributed by atoms with Crippen LogP contribution in [0.3, 0.4) is 0 Å². The molecule has 0 aliphatic heterocycles. The average Bonchev–Trinajstić information content (AvgIpc) is 3.02. The van der Waals surface area contributed by atoms with Gasteiger partial charge in [-0.2, -0.15) is 0 Å². The lowest BCUT2D eigenvalue weighted by molar-refractivity contribution is 0.0980. The molecule has 1 aliphatic carbocycles. The lowest BCUT2D eigenvalue weighted by Gasteiger charge is -2.24. The second kappa shape index (κ2) is 13.8. The molecule has 0 spiro atoms. The van der Waals surface area contributed by atoms with Crippen LogP contribution >= 0.6 is 0 Å². The number of ether oxygens (including phenoxy) is 4. The van der Waals surface area contributed by atoms with E-state index in [0.717, 1.165) is 11.4 Å². The summed E-state index contributed by atoms with van der Waals surface area (Å²) in [5, 5.41) is 6.67. The number of hydrogen-bond acceptors (Lipinski definition) is 8. The van der Waals surface area contributed by atoms with Gasteiger partial charge < -0.3 is 29.6 Å². The van der Waals surface area contributed by atoms with Gasteiger partial charge in [-0.25, -0.2) is 0 Å². The van der Waals surface area contributed by atoms with Gasteiger partial charge in [0.05, 0.1) is 35.7 Å². The lowest BCUT2D eigenvalue weighted by atomic mass is 9.82. The Morgan fingerprint density at radius 1 is 0.524 bits per heavy atom. The molecule has 0 radical (unpaired) electrons. The second-order valence-electron chi connectivity index (χ2n) is 9.50. The highest BCUT2D eigenvalue weighted by Gasteiger charge is 2.34. The van der Waals surface area contributed by atoms with Gasteiger partial charge in [-0.3, -0.25) is 9.59 Å². The Morgan fingerprint density at radius 2 is 0.929 bits per heavy atom. The van der Waals surface area contributed by atoms with Crippen molar-refractivity contribution in [2.24, 2.45) is 0 Å². The number of rotatable bonds is 14. The van der Waals surface area contributed by atoms with Crippen LogP contribution in [-0.2, 0) is 9.47 Å². The summed E-state index contributed by atoms with van der Waals surface area (Å²) in [4.78, 5) is 27.6. The van der Waals surface area contributed by atoms with Crippen molar-refractivity contribution in [3.8, 4) is 11.5 Å². The molecule has 0 fully saturated rings. The standard InChI is InChI=1S/C34H34N2O6/c1-3-39-19-21-41-25-13-9-23(10-14-25)35-29-17-18-30(36-24-11-15-26(16-12-24)42-22-20-40-4-2)32-31(29)33(37)27-7-5-6-8-28(27)34(32)38/h5-18,35-36H,3-4,19-22H2,1-2H3. The number of anilines is 4. The molecule has 0 atom stereocenters. The second-order valence-corrected chi connectivity index (χ2v) is 9.50. The zero-order valence-electron chi connectivity index (χ0n) is 23.8. The van der Waals surface area contributed by atoms with Crippen LogP contribution in [0.4, 0.5) is 22.7 Å². The van der Waals surface area contributed by atoms with E-state index in [2.05, 4.69) is 10.6 Å². The Balaban J connectivity index is 1.41. The Hall–Kier alpha value is -4.66. The van der Waals surface area contributed by atoms with E-state index in [1.807, 2.05) is 74.5 Å². The molecule has 0 bridgehead atoms. The summed E-state index contributed by atoms with van der Waals surface area (Å²) in [5.74, 6) is 1.01. The minimum absolute atomic E-state index is 0.208. The molecule has 8 heteroatoms. The monoisotopic (exact) mass is 566 g/mol.